The van der Waals surface area contributed by atoms with Crippen molar-refractivity contribution in [3.05, 3.63) is 35.9 Å². The molecule has 0 radical (unpaired) electrons. The maximum atomic E-state index is 11.5. The van der Waals surface area contributed by atoms with Gasteiger partial charge >= 0.3 is 0 Å². The van der Waals surface area contributed by atoms with Crippen molar-refractivity contribution in [2.45, 2.75) is 20.3 Å². The number of carbonyl (C=O) groups excluding carboxylic acids is 1. The number of hydrogen-bond donors (Lipinski definition) is 2. The maximum Gasteiger partial charge on any atom is 0.265 e. The molecule has 0 heterocycles. The summed E-state index contributed by atoms with van der Waals surface area (Å²) in [5, 5.41) is 0. The first-order valence-corrected chi connectivity index (χ1v) is 5.28. The standard InChI is InChI=1S/C12H18N2O/c1-10(2)8-9-13-14-12(15)11-6-4-3-5-7-11/h3-7,10,13H,8-9H2,1-2H3,(H,14,15). The van der Waals surface area contributed by atoms with Crippen LogP contribution >= 0.6 is 0 Å². The van der Waals surface area contributed by atoms with Crippen molar-refractivity contribution in [2.75, 3.05) is 6.54 Å². The van der Waals surface area contributed by atoms with Gasteiger partial charge in [-0.3, -0.25) is 10.2 Å². The van der Waals surface area contributed by atoms with Crippen LogP contribution < -0.4 is 10.9 Å². The van der Waals surface area contributed by atoms with Crippen molar-refractivity contribution in [1.29, 1.82) is 0 Å². The summed E-state index contributed by atoms with van der Waals surface area (Å²) < 4.78 is 0. The highest BCUT2D eigenvalue weighted by Gasteiger charge is 2.02. The first-order chi connectivity index (χ1) is 7.20. The lowest BCUT2D eigenvalue weighted by atomic mass is 10.1. The highest BCUT2D eigenvalue weighted by atomic mass is 16.2. The maximum absolute atomic E-state index is 11.5. The summed E-state index contributed by atoms with van der Waals surface area (Å²) in [5.41, 5.74) is 6.26. The topological polar surface area (TPSA) is 41.1 Å². The molecule has 0 aliphatic rings. The number of hydrogen-bond acceptors (Lipinski definition) is 2. The van der Waals surface area contributed by atoms with Gasteiger partial charge < -0.3 is 0 Å². The normalized spacial score (nSPS) is 10.3. The van der Waals surface area contributed by atoms with Gasteiger partial charge in [-0.05, 0) is 24.5 Å². The van der Waals surface area contributed by atoms with Crippen LogP contribution in [0.4, 0.5) is 0 Å². The Kier molecular flexibility index (Phi) is 4.84. The Morgan fingerprint density at radius 3 is 2.53 bits per heavy atom. The van der Waals surface area contributed by atoms with E-state index < -0.39 is 0 Å². The molecule has 3 heteroatoms. The zero-order valence-electron chi connectivity index (χ0n) is 9.29. The molecule has 1 amide bonds. The number of benzene rings is 1. The lowest BCUT2D eigenvalue weighted by Crippen LogP contribution is -2.38. The molecule has 0 unspecified atom stereocenters. The summed E-state index contributed by atoms with van der Waals surface area (Å²) in [6.07, 6.45) is 1.05. The Morgan fingerprint density at radius 1 is 1.27 bits per heavy atom. The van der Waals surface area contributed by atoms with E-state index in [1.807, 2.05) is 18.2 Å². The third-order valence-electron chi connectivity index (χ3n) is 2.08. The van der Waals surface area contributed by atoms with Crippen LogP contribution in [0.2, 0.25) is 0 Å². The number of rotatable bonds is 5. The summed E-state index contributed by atoms with van der Waals surface area (Å²) in [5.74, 6) is 0.561. The molecule has 3 nitrogen and oxygen atoms in total. The SMILES string of the molecule is CC(C)CCNNC(=O)c1ccccc1. The van der Waals surface area contributed by atoms with E-state index in [1.165, 1.54) is 0 Å². The minimum atomic E-state index is -0.0839. The predicted octanol–water partition coefficient (Wildman–Crippen LogP) is 1.97. The molecule has 15 heavy (non-hydrogen) atoms. The first-order valence-electron chi connectivity index (χ1n) is 5.28. The third-order valence-corrected chi connectivity index (χ3v) is 2.08. The van der Waals surface area contributed by atoms with E-state index >= 15 is 0 Å². The zero-order valence-corrected chi connectivity index (χ0v) is 9.29. The highest BCUT2D eigenvalue weighted by molar-refractivity contribution is 5.93. The fraction of sp³-hybridized carbons (Fsp3) is 0.417. The van der Waals surface area contributed by atoms with Crippen molar-refractivity contribution in [3.63, 3.8) is 0 Å². The molecule has 2 N–H and O–H groups in total. The largest absolute Gasteiger partial charge is 0.287 e. The van der Waals surface area contributed by atoms with Crippen molar-refractivity contribution < 1.29 is 4.79 Å². The van der Waals surface area contributed by atoms with E-state index in [2.05, 4.69) is 24.7 Å². The molecule has 0 fully saturated rings. The van der Waals surface area contributed by atoms with Crippen LogP contribution in [0.15, 0.2) is 30.3 Å². The van der Waals surface area contributed by atoms with Gasteiger partial charge in [0.25, 0.3) is 5.91 Å². The molecular formula is C12H18N2O. The Morgan fingerprint density at radius 2 is 1.93 bits per heavy atom. The Bertz CT molecular complexity index is 296. The minimum Gasteiger partial charge on any atom is -0.287 e. The molecule has 0 aromatic heterocycles. The molecule has 1 aromatic rings. The number of hydrazine groups is 1. The molecule has 1 rings (SSSR count). The Labute approximate surface area is 90.9 Å². The van der Waals surface area contributed by atoms with Gasteiger partial charge in [-0.15, -0.1) is 0 Å². The molecule has 0 atom stereocenters. The van der Waals surface area contributed by atoms with Crippen LogP contribution in [0.3, 0.4) is 0 Å². The second-order valence-electron chi connectivity index (χ2n) is 3.93. The smallest absolute Gasteiger partial charge is 0.265 e. The van der Waals surface area contributed by atoms with Crippen molar-refractivity contribution in [1.82, 2.24) is 10.9 Å². The van der Waals surface area contributed by atoms with Crippen LogP contribution in [0.1, 0.15) is 30.6 Å². The fourth-order valence-corrected chi connectivity index (χ4v) is 1.17. The molecule has 0 aliphatic carbocycles. The van der Waals surface area contributed by atoms with E-state index in [0.29, 0.717) is 11.5 Å². The van der Waals surface area contributed by atoms with E-state index in [9.17, 15) is 4.79 Å². The molecule has 0 spiro atoms. The summed E-state index contributed by atoms with van der Waals surface area (Å²) in [6, 6.07) is 9.17. The second kappa shape index (κ2) is 6.19. The average Bonchev–Trinajstić information content (AvgIpc) is 2.25. The number of nitrogens with one attached hydrogen (secondary N) is 2. The minimum absolute atomic E-state index is 0.0839. The van der Waals surface area contributed by atoms with E-state index in [0.717, 1.165) is 13.0 Å². The molecule has 82 valence electrons. The average molecular weight is 206 g/mol. The quantitative estimate of drug-likeness (QED) is 0.571. The van der Waals surface area contributed by atoms with Crippen LogP contribution in [0.25, 0.3) is 0 Å². The first kappa shape index (κ1) is 11.7. The van der Waals surface area contributed by atoms with Gasteiger partial charge in [-0.2, -0.15) is 0 Å². The highest BCUT2D eigenvalue weighted by Crippen LogP contribution is 1.98. The van der Waals surface area contributed by atoms with Crippen molar-refractivity contribution in [3.8, 4) is 0 Å². The van der Waals surface area contributed by atoms with Gasteiger partial charge in [0, 0.05) is 12.1 Å². The lowest BCUT2D eigenvalue weighted by molar-refractivity contribution is 0.0932. The van der Waals surface area contributed by atoms with Crippen LogP contribution in [-0.2, 0) is 0 Å². The molecule has 1 aromatic carbocycles. The van der Waals surface area contributed by atoms with Gasteiger partial charge in [0.1, 0.15) is 0 Å². The van der Waals surface area contributed by atoms with E-state index in [4.69, 9.17) is 0 Å². The monoisotopic (exact) mass is 206 g/mol. The summed E-state index contributed by atoms with van der Waals surface area (Å²) in [6.45, 7) is 5.11. The third kappa shape index (κ3) is 4.61. The number of carbonyl (C=O) groups is 1. The molecule has 0 saturated carbocycles. The van der Waals surface area contributed by atoms with Crippen LogP contribution in [0, 0.1) is 5.92 Å². The van der Waals surface area contributed by atoms with Crippen LogP contribution in [-0.4, -0.2) is 12.5 Å². The molecule has 0 aliphatic heterocycles. The van der Waals surface area contributed by atoms with Gasteiger partial charge in [-0.25, -0.2) is 5.43 Å². The van der Waals surface area contributed by atoms with Gasteiger partial charge in [0.15, 0.2) is 0 Å². The van der Waals surface area contributed by atoms with E-state index in [1.54, 1.807) is 12.1 Å². The second-order valence-corrected chi connectivity index (χ2v) is 3.93. The van der Waals surface area contributed by atoms with Gasteiger partial charge in [0.2, 0.25) is 0 Å². The Balaban J connectivity index is 2.25. The lowest BCUT2D eigenvalue weighted by Gasteiger charge is -2.08. The summed E-state index contributed by atoms with van der Waals surface area (Å²) in [7, 11) is 0. The van der Waals surface area contributed by atoms with Crippen molar-refractivity contribution >= 4 is 5.91 Å². The van der Waals surface area contributed by atoms with Crippen LogP contribution in [0.5, 0.6) is 0 Å². The number of amides is 1. The Hall–Kier alpha value is -1.35. The predicted molar refractivity (Wildman–Crippen MR) is 61.4 cm³/mol. The summed E-state index contributed by atoms with van der Waals surface area (Å²) in [4.78, 5) is 11.5. The zero-order chi connectivity index (χ0) is 11.1. The molecular weight excluding hydrogens is 188 g/mol. The van der Waals surface area contributed by atoms with Gasteiger partial charge in [-0.1, -0.05) is 32.0 Å². The summed E-state index contributed by atoms with van der Waals surface area (Å²) >= 11 is 0. The van der Waals surface area contributed by atoms with E-state index in [-0.39, 0.29) is 5.91 Å². The van der Waals surface area contributed by atoms with Crippen molar-refractivity contribution in [2.24, 2.45) is 5.92 Å². The fourth-order valence-electron chi connectivity index (χ4n) is 1.17. The molecule has 0 saturated heterocycles. The molecule has 0 bridgehead atoms. The van der Waals surface area contributed by atoms with Gasteiger partial charge in [0.05, 0.1) is 0 Å².